The first-order valence-corrected chi connectivity index (χ1v) is 11.2. The minimum Gasteiger partial charge on any atom is -0.465 e. The number of amides is 2. The summed E-state index contributed by atoms with van der Waals surface area (Å²) in [4.78, 5) is 58.8. The molecule has 1 aromatic heterocycles. The van der Waals surface area contributed by atoms with E-state index >= 15 is 0 Å². The summed E-state index contributed by atoms with van der Waals surface area (Å²) < 4.78 is 4.76. The van der Waals surface area contributed by atoms with Gasteiger partial charge in [-0.1, -0.05) is 23.2 Å². The number of nitrogens with zero attached hydrogens (tertiary/aromatic N) is 2. The van der Waals surface area contributed by atoms with E-state index in [1.54, 1.807) is 0 Å². The maximum Gasteiger partial charge on any atom is 0.341 e. The number of thiophene rings is 1. The number of esters is 1. The summed E-state index contributed by atoms with van der Waals surface area (Å²) in [6.07, 6.45) is 0. The number of anilines is 2. The van der Waals surface area contributed by atoms with E-state index in [0.717, 1.165) is 30.6 Å². The van der Waals surface area contributed by atoms with E-state index in [2.05, 4.69) is 10.6 Å². The van der Waals surface area contributed by atoms with Crippen LogP contribution in [0.2, 0.25) is 10.0 Å². The molecule has 186 valence electrons. The summed E-state index contributed by atoms with van der Waals surface area (Å²) in [6, 6.07) is 6.81. The number of nitro groups is 2. The van der Waals surface area contributed by atoms with Crippen LogP contribution >= 0.6 is 34.5 Å². The quantitative estimate of drug-likeness (QED) is 0.220. The van der Waals surface area contributed by atoms with Gasteiger partial charge < -0.3 is 15.4 Å². The van der Waals surface area contributed by atoms with Crippen LogP contribution in [0.1, 0.15) is 36.0 Å². The topological polar surface area (TPSA) is 171 Å². The summed E-state index contributed by atoms with van der Waals surface area (Å²) in [7, 11) is 1.10. The van der Waals surface area contributed by atoms with Crippen molar-refractivity contribution in [2.45, 2.75) is 6.92 Å². The van der Waals surface area contributed by atoms with Crippen LogP contribution < -0.4 is 10.6 Å². The molecule has 0 saturated heterocycles. The first-order chi connectivity index (χ1) is 16.9. The lowest BCUT2D eigenvalue weighted by Gasteiger charge is -2.07. The number of hydrogen-bond donors (Lipinski definition) is 2. The van der Waals surface area contributed by atoms with Crippen LogP contribution in [0, 0.1) is 27.2 Å². The Balaban J connectivity index is 2.01. The number of nitrogens with one attached hydrogen (secondary N) is 2. The van der Waals surface area contributed by atoms with Crippen molar-refractivity contribution in [1.29, 1.82) is 0 Å². The lowest BCUT2D eigenvalue weighted by Crippen LogP contribution is -2.15. The van der Waals surface area contributed by atoms with Gasteiger partial charge in [-0.3, -0.25) is 29.8 Å². The van der Waals surface area contributed by atoms with Crippen molar-refractivity contribution in [3.63, 3.8) is 0 Å². The predicted octanol–water partition coefficient (Wildman–Crippen LogP) is 5.47. The van der Waals surface area contributed by atoms with Crippen LogP contribution in [0.4, 0.5) is 22.1 Å². The van der Waals surface area contributed by atoms with E-state index in [4.69, 9.17) is 27.9 Å². The van der Waals surface area contributed by atoms with Gasteiger partial charge in [-0.15, -0.1) is 11.3 Å². The van der Waals surface area contributed by atoms with Crippen LogP contribution in [0.3, 0.4) is 0 Å². The Morgan fingerprint density at radius 3 is 2.11 bits per heavy atom. The van der Waals surface area contributed by atoms with Gasteiger partial charge in [0, 0.05) is 17.2 Å². The molecule has 2 aromatic carbocycles. The highest BCUT2D eigenvalue weighted by atomic mass is 35.5. The van der Waals surface area contributed by atoms with Gasteiger partial charge in [0.2, 0.25) is 0 Å². The Bertz CT molecular complexity index is 1410. The maximum atomic E-state index is 13.0. The standard InChI is InChI=1S/C21H14Cl2N4O8S/c1-9-16(21(30)35-2)20(36-17(9)19(29)24-15-7-11(22)3-4-14(15)23)25-18(28)10-5-12(26(31)32)8-13(6-10)27(33)34/h3-8H,1-2H3,(H,24,29)(H,25,28). The third-order valence-corrected chi connectivity index (χ3v) is 6.50. The van der Waals surface area contributed by atoms with Crippen molar-refractivity contribution >= 4 is 74.4 Å². The molecule has 12 nitrogen and oxygen atoms in total. The van der Waals surface area contributed by atoms with Gasteiger partial charge in [0.25, 0.3) is 23.2 Å². The number of ether oxygens (including phenoxy) is 1. The molecule has 0 aliphatic rings. The van der Waals surface area contributed by atoms with Crippen LogP contribution in [0.5, 0.6) is 0 Å². The van der Waals surface area contributed by atoms with Gasteiger partial charge in [-0.2, -0.15) is 0 Å². The average molecular weight is 553 g/mol. The molecule has 15 heteroatoms. The molecule has 0 radical (unpaired) electrons. The summed E-state index contributed by atoms with van der Waals surface area (Å²) >= 11 is 12.8. The maximum absolute atomic E-state index is 13.0. The average Bonchev–Trinajstić information content (AvgIpc) is 3.16. The summed E-state index contributed by atoms with van der Waals surface area (Å²) in [5.74, 6) is -2.53. The fourth-order valence-electron chi connectivity index (χ4n) is 3.05. The number of carbonyl (C=O) groups excluding carboxylic acids is 3. The Hall–Kier alpha value is -4.07. The van der Waals surface area contributed by atoms with Crippen molar-refractivity contribution in [3.8, 4) is 0 Å². The second kappa shape index (κ2) is 10.7. The van der Waals surface area contributed by atoms with Crippen LogP contribution in [-0.4, -0.2) is 34.7 Å². The highest BCUT2D eigenvalue weighted by Gasteiger charge is 2.28. The fraction of sp³-hybridized carbons (Fsp3) is 0.0952. The molecule has 2 N–H and O–H groups in total. The number of methoxy groups -OCH3 is 1. The van der Waals surface area contributed by atoms with E-state index in [1.165, 1.54) is 25.1 Å². The monoisotopic (exact) mass is 552 g/mol. The van der Waals surface area contributed by atoms with E-state index in [-0.39, 0.29) is 31.7 Å². The number of rotatable bonds is 7. The third-order valence-electron chi connectivity index (χ3n) is 4.73. The third kappa shape index (κ3) is 5.59. The fourth-order valence-corrected chi connectivity index (χ4v) is 4.47. The first-order valence-electron chi connectivity index (χ1n) is 9.66. The number of hydrogen-bond acceptors (Lipinski definition) is 9. The molecule has 36 heavy (non-hydrogen) atoms. The number of nitro benzene ring substituents is 2. The van der Waals surface area contributed by atoms with Gasteiger partial charge in [-0.05, 0) is 30.7 Å². The van der Waals surface area contributed by atoms with Crippen molar-refractivity contribution in [3.05, 3.63) is 88.2 Å². The molecule has 0 fully saturated rings. The molecule has 2 amide bonds. The normalized spacial score (nSPS) is 10.4. The van der Waals surface area contributed by atoms with Crippen LogP contribution in [0.15, 0.2) is 36.4 Å². The molecule has 0 saturated carbocycles. The first kappa shape index (κ1) is 26.5. The van der Waals surface area contributed by atoms with Gasteiger partial charge >= 0.3 is 5.97 Å². The predicted molar refractivity (Wildman–Crippen MR) is 133 cm³/mol. The van der Waals surface area contributed by atoms with Gasteiger partial charge in [0.1, 0.15) is 5.00 Å². The Morgan fingerprint density at radius 1 is 0.944 bits per heavy atom. The molecule has 1 heterocycles. The SMILES string of the molecule is COC(=O)c1c(NC(=O)c2cc([N+](=O)[O-])cc([N+](=O)[O-])c2)sc(C(=O)Nc2cc(Cl)ccc2Cl)c1C. The minimum absolute atomic E-state index is 0.0202. The molecule has 0 unspecified atom stereocenters. The number of benzene rings is 2. The highest BCUT2D eigenvalue weighted by molar-refractivity contribution is 7.19. The van der Waals surface area contributed by atoms with Crippen LogP contribution in [0.25, 0.3) is 0 Å². The molecule has 0 aliphatic carbocycles. The van der Waals surface area contributed by atoms with E-state index in [0.29, 0.717) is 11.1 Å². The summed E-state index contributed by atoms with van der Waals surface area (Å²) in [5, 5.41) is 27.6. The zero-order valence-electron chi connectivity index (χ0n) is 18.3. The molecular formula is C21H14Cl2N4O8S. The molecule has 0 spiro atoms. The highest BCUT2D eigenvalue weighted by Crippen LogP contribution is 2.36. The van der Waals surface area contributed by atoms with Gasteiger partial charge in [0.05, 0.1) is 49.7 Å². The molecule has 0 bridgehead atoms. The van der Waals surface area contributed by atoms with Crippen molar-refractivity contribution < 1.29 is 29.0 Å². The van der Waals surface area contributed by atoms with Gasteiger partial charge in [-0.25, -0.2) is 4.79 Å². The molecule has 3 rings (SSSR count). The van der Waals surface area contributed by atoms with E-state index < -0.39 is 44.6 Å². The zero-order chi connectivity index (χ0) is 26.7. The molecular weight excluding hydrogens is 539 g/mol. The van der Waals surface area contributed by atoms with Crippen LogP contribution in [-0.2, 0) is 4.74 Å². The second-order valence-electron chi connectivity index (χ2n) is 7.04. The minimum atomic E-state index is -0.988. The number of carbonyl (C=O) groups is 3. The van der Waals surface area contributed by atoms with Gasteiger partial charge in [0.15, 0.2) is 0 Å². The number of halogens is 2. The molecule has 3 aromatic rings. The lowest BCUT2D eigenvalue weighted by molar-refractivity contribution is -0.394. The lowest BCUT2D eigenvalue weighted by atomic mass is 10.1. The summed E-state index contributed by atoms with van der Waals surface area (Å²) in [5.41, 5.74) is -1.53. The largest absolute Gasteiger partial charge is 0.465 e. The van der Waals surface area contributed by atoms with E-state index in [1.807, 2.05) is 0 Å². The zero-order valence-corrected chi connectivity index (χ0v) is 20.6. The van der Waals surface area contributed by atoms with Crippen molar-refractivity contribution in [2.24, 2.45) is 0 Å². The van der Waals surface area contributed by atoms with E-state index in [9.17, 15) is 34.6 Å². The summed E-state index contributed by atoms with van der Waals surface area (Å²) in [6.45, 7) is 1.45. The second-order valence-corrected chi connectivity index (χ2v) is 8.90. The Kier molecular flexibility index (Phi) is 7.87. The smallest absolute Gasteiger partial charge is 0.341 e. The van der Waals surface area contributed by atoms with Crippen molar-refractivity contribution in [1.82, 2.24) is 0 Å². The molecule has 0 atom stereocenters. The molecule has 0 aliphatic heterocycles. The Labute approximate surface area is 216 Å². The Morgan fingerprint density at radius 2 is 1.56 bits per heavy atom. The number of non-ortho nitro benzene ring substituents is 2. The van der Waals surface area contributed by atoms with Crippen molar-refractivity contribution in [2.75, 3.05) is 17.7 Å².